The first-order chi connectivity index (χ1) is 13.7. The molecule has 0 atom stereocenters. The van der Waals surface area contributed by atoms with E-state index in [0.29, 0.717) is 22.6 Å². The van der Waals surface area contributed by atoms with Gasteiger partial charge in [-0.25, -0.2) is 0 Å². The quantitative estimate of drug-likeness (QED) is 0.487. The molecule has 4 rings (SSSR count). The normalized spacial score (nSPS) is 10.4. The number of benzene rings is 4. The summed E-state index contributed by atoms with van der Waals surface area (Å²) in [4.78, 5) is 0. The van der Waals surface area contributed by atoms with Crippen molar-refractivity contribution in [3.05, 3.63) is 71.8 Å². The maximum absolute atomic E-state index is 9.71. The molecule has 4 aromatic carbocycles. The zero-order valence-electron chi connectivity index (χ0n) is 15.5. The van der Waals surface area contributed by atoms with Crippen LogP contribution in [0.2, 0.25) is 0 Å². The maximum atomic E-state index is 9.71. The topological polar surface area (TPSA) is 66.0 Å². The van der Waals surface area contributed by atoms with Crippen LogP contribution in [-0.4, -0.2) is 14.2 Å². The Hall–Kier alpha value is -4.02. The minimum atomic E-state index is 0.435. The van der Waals surface area contributed by atoms with Gasteiger partial charge in [-0.05, 0) is 33.7 Å². The molecule has 0 aromatic heterocycles. The Labute approximate surface area is 162 Å². The van der Waals surface area contributed by atoms with Crippen molar-refractivity contribution >= 4 is 21.5 Å². The predicted octanol–water partition coefficient (Wildman–Crippen LogP) is 5.42. The van der Waals surface area contributed by atoms with E-state index in [-0.39, 0.29) is 0 Å². The Morgan fingerprint density at radius 2 is 1.04 bits per heavy atom. The van der Waals surface area contributed by atoms with Crippen molar-refractivity contribution in [1.29, 1.82) is 10.5 Å². The summed E-state index contributed by atoms with van der Waals surface area (Å²) in [5.41, 5.74) is 2.37. The first-order valence-corrected chi connectivity index (χ1v) is 8.73. The van der Waals surface area contributed by atoms with Gasteiger partial charge in [-0.3, -0.25) is 0 Å². The lowest BCUT2D eigenvalue weighted by Crippen LogP contribution is -1.99. The average Bonchev–Trinajstić information content (AvgIpc) is 2.76. The standard InChI is InChI=1S/C24H16N2O2/c1-27-23-17(13-25)11-15-7-3-5-9-19(15)21(23)22-20-10-6-4-8-16(20)12-18(14-26)24(22)28-2/h3-12H,1-2H3. The molecular weight excluding hydrogens is 348 g/mol. The Bertz CT molecular complexity index is 1210. The molecule has 0 radical (unpaired) electrons. The number of methoxy groups -OCH3 is 2. The van der Waals surface area contributed by atoms with Crippen LogP contribution in [0.3, 0.4) is 0 Å². The molecule has 0 saturated carbocycles. The van der Waals surface area contributed by atoms with E-state index in [1.807, 2.05) is 60.7 Å². The van der Waals surface area contributed by atoms with Gasteiger partial charge in [0.15, 0.2) is 0 Å². The average molecular weight is 364 g/mol. The molecule has 0 unspecified atom stereocenters. The number of hydrogen-bond donors (Lipinski definition) is 0. The van der Waals surface area contributed by atoms with Gasteiger partial charge in [0.05, 0.1) is 25.3 Å². The van der Waals surface area contributed by atoms with Crippen molar-refractivity contribution in [1.82, 2.24) is 0 Å². The molecule has 0 spiro atoms. The first kappa shape index (κ1) is 17.4. The molecule has 0 aliphatic rings. The molecular formula is C24H16N2O2. The SMILES string of the molecule is COc1c(C#N)cc2ccccc2c1-c1c(OC)c(C#N)cc2ccccc12. The van der Waals surface area contributed by atoms with Gasteiger partial charge < -0.3 is 9.47 Å². The highest BCUT2D eigenvalue weighted by Crippen LogP contribution is 2.47. The third-order valence-electron chi connectivity index (χ3n) is 4.90. The number of nitriles is 2. The van der Waals surface area contributed by atoms with E-state index in [2.05, 4.69) is 12.1 Å². The van der Waals surface area contributed by atoms with Crippen LogP contribution in [0.15, 0.2) is 60.7 Å². The number of fused-ring (bicyclic) bond motifs is 2. The van der Waals surface area contributed by atoms with Crippen molar-refractivity contribution in [3.8, 4) is 34.8 Å². The summed E-state index contributed by atoms with van der Waals surface area (Å²) in [5, 5.41) is 23.1. The van der Waals surface area contributed by atoms with E-state index in [0.717, 1.165) is 32.7 Å². The van der Waals surface area contributed by atoms with E-state index in [4.69, 9.17) is 9.47 Å². The molecule has 28 heavy (non-hydrogen) atoms. The van der Waals surface area contributed by atoms with Gasteiger partial charge in [0.1, 0.15) is 23.6 Å². The fraction of sp³-hybridized carbons (Fsp3) is 0.0833. The van der Waals surface area contributed by atoms with Crippen molar-refractivity contribution in [3.63, 3.8) is 0 Å². The van der Waals surface area contributed by atoms with Crippen LogP contribution in [0.4, 0.5) is 0 Å². The third kappa shape index (κ3) is 2.52. The molecule has 0 bridgehead atoms. The fourth-order valence-electron chi connectivity index (χ4n) is 3.74. The summed E-state index contributed by atoms with van der Waals surface area (Å²) in [5.74, 6) is 0.944. The maximum Gasteiger partial charge on any atom is 0.145 e. The van der Waals surface area contributed by atoms with Crippen molar-refractivity contribution in [2.24, 2.45) is 0 Å². The van der Waals surface area contributed by atoms with Crippen LogP contribution in [-0.2, 0) is 0 Å². The largest absolute Gasteiger partial charge is 0.495 e. The molecule has 0 aliphatic carbocycles. The summed E-state index contributed by atoms with van der Waals surface area (Å²) >= 11 is 0. The van der Waals surface area contributed by atoms with E-state index < -0.39 is 0 Å². The number of nitrogens with zero attached hydrogens (tertiary/aromatic N) is 2. The summed E-state index contributed by atoms with van der Waals surface area (Å²) < 4.78 is 11.4. The Kier molecular flexibility index (Phi) is 4.32. The lowest BCUT2D eigenvalue weighted by atomic mass is 9.89. The number of hydrogen-bond acceptors (Lipinski definition) is 4. The van der Waals surface area contributed by atoms with Crippen molar-refractivity contribution < 1.29 is 9.47 Å². The lowest BCUT2D eigenvalue weighted by molar-refractivity contribution is 0.410. The molecule has 0 aliphatic heterocycles. The fourth-order valence-corrected chi connectivity index (χ4v) is 3.74. The molecule has 134 valence electrons. The van der Waals surface area contributed by atoms with Gasteiger partial charge in [0.25, 0.3) is 0 Å². The van der Waals surface area contributed by atoms with E-state index in [9.17, 15) is 10.5 Å². The zero-order valence-corrected chi connectivity index (χ0v) is 15.5. The summed E-state index contributed by atoms with van der Waals surface area (Å²) in [6.45, 7) is 0. The van der Waals surface area contributed by atoms with Crippen LogP contribution < -0.4 is 9.47 Å². The monoisotopic (exact) mass is 364 g/mol. The Balaban J connectivity index is 2.32. The zero-order chi connectivity index (χ0) is 19.7. The highest BCUT2D eigenvalue weighted by atomic mass is 16.5. The Morgan fingerprint density at radius 1 is 0.643 bits per heavy atom. The second kappa shape index (κ2) is 6.95. The summed E-state index contributed by atoms with van der Waals surface area (Å²) in [7, 11) is 3.11. The second-order valence-electron chi connectivity index (χ2n) is 6.33. The molecule has 0 heterocycles. The molecule has 0 N–H and O–H groups in total. The predicted molar refractivity (Wildman–Crippen MR) is 109 cm³/mol. The van der Waals surface area contributed by atoms with Crippen molar-refractivity contribution in [2.45, 2.75) is 0 Å². The number of ether oxygens (including phenoxy) is 2. The van der Waals surface area contributed by atoms with Gasteiger partial charge in [-0.15, -0.1) is 0 Å². The van der Waals surface area contributed by atoms with Gasteiger partial charge in [0.2, 0.25) is 0 Å². The lowest BCUT2D eigenvalue weighted by Gasteiger charge is -2.19. The van der Waals surface area contributed by atoms with E-state index >= 15 is 0 Å². The van der Waals surface area contributed by atoms with Gasteiger partial charge in [-0.1, -0.05) is 48.5 Å². The molecule has 0 saturated heterocycles. The van der Waals surface area contributed by atoms with Crippen LogP contribution >= 0.6 is 0 Å². The summed E-state index contributed by atoms with van der Waals surface area (Å²) in [6, 6.07) is 23.8. The van der Waals surface area contributed by atoms with E-state index in [1.165, 1.54) is 0 Å². The molecule has 4 heteroatoms. The first-order valence-electron chi connectivity index (χ1n) is 8.73. The highest BCUT2D eigenvalue weighted by molar-refractivity contribution is 6.11. The van der Waals surface area contributed by atoms with E-state index in [1.54, 1.807) is 14.2 Å². The van der Waals surface area contributed by atoms with Crippen molar-refractivity contribution in [2.75, 3.05) is 14.2 Å². The summed E-state index contributed by atoms with van der Waals surface area (Å²) in [6.07, 6.45) is 0. The minimum Gasteiger partial charge on any atom is -0.495 e. The van der Waals surface area contributed by atoms with Crippen LogP contribution in [0.25, 0.3) is 32.7 Å². The Morgan fingerprint density at radius 3 is 1.39 bits per heavy atom. The van der Waals surface area contributed by atoms with Crippen LogP contribution in [0.5, 0.6) is 11.5 Å². The molecule has 4 aromatic rings. The minimum absolute atomic E-state index is 0.435. The second-order valence-corrected chi connectivity index (χ2v) is 6.33. The van der Waals surface area contributed by atoms with Gasteiger partial charge >= 0.3 is 0 Å². The third-order valence-corrected chi connectivity index (χ3v) is 4.90. The van der Waals surface area contributed by atoms with Gasteiger partial charge in [0, 0.05) is 11.1 Å². The van der Waals surface area contributed by atoms with Gasteiger partial charge in [-0.2, -0.15) is 10.5 Å². The van der Waals surface area contributed by atoms with Crippen LogP contribution in [0, 0.1) is 22.7 Å². The highest BCUT2D eigenvalue weighted by Gasteiger charge is 2.23. The number of rotatable bonds is 3. The smallest absolute Gasteiger partial charge is 0.145 e. The molecule has 0 fully saturated rings. The molecule has 4 nitrogen and oxygen atoms in total. The van der Waals surface area contributed by atoms with Crippen LogP contribution in [0.1, 0.15) is 11.1 Å². The molecule has 0 amide bonds.